The van der Waals surface area contributed by atoms with Gasteiger partial charge in [-0.2, -0.15) is 0 Å². The fraction of sp³-hybridized carbons (Fsp3) is 0.391. The molecule has 0 bridgehead atoms. The number of rotatable bonds is 9. The third-order valence-corrected chi connectivity index (χ3v) is 24.8. The summed E-state index contributed by atoms with van der Waals surface area (Å²) in [7, 11) is 0. The molecule has 0 heteroatoms. The Balaban J connectivity index is 0.000000371. The van der Waals surface area contributed by atoms with Gasteiger partial charge in [-0.05, 0) is 351 Å². The molecule has 0 aliphatic rings. The normalized spacial score (nSPS) is 11.2. The van der Waals surface area contributed by atoms with Gasteiger partial charge in [0.05, 0.1) is 0 Å². The van der Waals surface area contributed by atoms with Crippen molar-refractivity contribution in [3.05, 3.63) is 457 Å². The molecule has 0 heterocycles. The Morgan fingerprint density at radius 1 is 0.180 bits per heavy atom. The second-order valence-corrected chi connectivity index (χ2v) is 40.4. The van der Waals surface area contributed by atoms with E-state index in [0.29, 0.717) is 23.7 Å². The van der Waals surface area contributed by atoms with E-state index in [-0.39, 0.29) is 22.2 Å². The fourth-order valence-electron chi connectivity index (χ4n) is 14.9. The van der Waals surface area contributed by atoms with Gasteiger partial charge in [-0.3, -0.25) is 0 Å². The van der Waals surface area contributed by atoms with Gasteiger partial charge in [-0.25, -0.2) is 0 Å². The molecule has 0 nitrogen and oxygen atoms in total. The van der Waals surface area contributed by atoms with E-state index in [1.165, 1.54) is 196 Å². The maximum absolute atomic E-state index is 2.37. The number of aryl methyl sites for hydroxylation is 21. The summed E-state index contributed by atoms with van der Waals surface area (Å²) in [5, 5.41) is 0. The molecular weight excluding hydrogens is 1540 g/mol. The van der Waals surface area contributed by atoms with Crippen molar-refractivity contribution in [3.63, 3.8) is 0 Å². The molecule has 0 saturated heterocycles. The van der Waals surface area contributed by atoms with Crippen LogP contribution in [0.3, 0.4) is 0 Å². The maximum Gasteiger partial charge on any atom is 0.0340 e. The van der Waals surface area contributed by atoms with E-state index in [2.05, 4.69) is 550 Å². The molecule has 0 aliphatic carbocycles. The summed E-state index contributed by atoms with van der Waals surface area (Å²) in [5.74, 6) is 2.99. The van der Waals surface area contributed by atoms with Crippen LogP contribution in [0.2, 0.25) is 0 Å². The first-order valence-corrected chi connectivity index (χ1v) is 47.6. The Bertz CT molecular complexity index is 4840. The van der Waals surface area contributed by atoms with E-state index < -0.39 is 0 Å². The van der Waals surface area contributed by atoms with Crippen molar-refractivity contribution in [2.24, 2.45) is 0 Å². The molecule has 0 spiro atoms. The molecule has 0 amide bonds. The number of hydrogen-bond acceptors (Lipinski definition) is 0. The van der Waals surface area contributed by atoms with E-state index in [4.69, 9.17) is 0 Å². The first-order chi connectivity index (χ1) is 59.8. The van der Waals surface area contributed by atoms with Crippen LogP contribution in [0.5, 0.6) is 0 Å². The Labute approximate surface area is 786 Å². The standard InChI is InChI=1S/C26H30.3C12H18.2C11H16.2C10H14.3C8H10/c1-16-8-10-23(11-9-16)26(24-12-17(2)21(6)18(3)13-24)25-14-19(4)22(7)20(5)15-25;3*1-9-6-7-11(10(2)8-9)12(3,4)5;2*1-4-10(3)11-7-5-9(2)6-8-11;2*1-8(2)10-6-4-9(3)5-7-10;3*1-7-5-3-4-6-8(7)2/h8-15,26H,1-7H3;3*6-8H,1-5H3;2*5-8,10H,4H2,1-3H3;2*4-8H,1-3H3;3*3-6H,1-2H3. The summed E-state index contributed by atoms with van der Waals surface area (Å²) in [6.07, 6.45) is 2.45. The molecule has 0 saturated carbocycles. The molecular formula is C128H174. The lowest BCUT2D eigenvalue weighted by molar-refractivity contribution is 0.585. The summed E-state index contributed by atoms with van der Waals surface area (Å²) in [5.41, 5.74) is 46.5. The smallest absolute Gasteiger partial charge is 0.0340 e. The second-order valence-electron chi connectivity index (χ2n) is 40.4. The van der Waals surface area contributed by atoms with Crippen molar-refractivity contribution in [1.82, 2.24) is 0 Å². The molecule has 13 rings (SSSR count). The van der Waals surface area contributed by atoms with Gasteiger partial charge in [0.2, 0.25) is 0 Å². The van der Waals surface area contributed by atoms with Crippen LogP contribution < -0.4 is 0 Å². The van der Waals surface area contributed by atoms with Crippen LogP contribution in [0.15, 0.2) is 273 Å². The molecule has 0 radical (unpaired) electrons. The summed E-state index contributed by atoms with van der Waals surface area (Å²) in [6, 6.07) is 98.7. The monoisotopic (exact) mass is 1710 g/mol. The third kappa shape index (κ3) is 40.7. The van der Waals surface area contributed by atoms with Crippen LogP contribution in [-0.2, 0) is 16.2 Å². The summed E-state index contributed by atoms with van der Waals surface area (Å²) >= 11 is 0. The lowest BCUT2D eigenvalue weighted by Gasteiger charge is -2.23. The average Bonchev–Trinajstić information content (AvgIpc) is 0.782. The van der Waals surface area contributed by atoms with Crippen molar-refractivity contribution in [3.8, 4) is 0 Å². The minimum absolute atomic E-state index is 0.270. The van der Waals surface area contributed by atoms with Gasteiger partial charge in [0.15, 0.2) is 0 Å². The zero-order chi connectivity index (χ0) is 96.7. The topological polar surface area (TPSA) is 0 Å². The fourth-order valence-corrected chi connectivity index (χ4v) is 14.9. The summed E-state index contributed by atoms with van der Waals surface area (Å²) < 4.78 is 0. The minimum Gasteiger partial charge on any atom is -0.0648 e. The van der Waals surface area contributed by atoms with E-state index >= 15 is 0 Å². The van der Waals surface area contributed by atoms with Crippen molar-refractivity contribution in [2.75, 3.05) is 0 Å². The molecule has 2 unspecified atom stereocenters. The van der Waals surface area contributed by atoms with Gasteiger partial charge in [-0.1, -0.05) is 435 Å². The van der Waals surface area contributed by atoms with Crippen molar-refractivity contribution in [1.29, 1.82) is 0 Å². The predicted octanol–water partition coefficient (Wildman–Crippen LogP) is 38.0. The third-order valence-electron chi connectivity index (χ3n) is 24.8. The number of benzene rings is 13. The van der Waals surface area contributed by atoms with E-state index in [1.807, 2.05) is 0 Å². The van der Waals surface area contributed by atoms with Gasteiger partial charge in [0.1, 0.15) is 0 Å². The minimum atomic E-state index is 0.270. The van der Waals surface area contributed by atoms with E-state index in [9.17, 15) is 0 Å². The predicted molar refractivity (Wildman–Crippen MR) is 575 cm³/mol. The Morgan fingerprint density at radius 2 is 0.359 bits per heavy atom. The van der Waals surface area contributed by atoms with Gasteiger partial charge >= 0.3 is 0 Å². The largest absolute Gasteiger partial charge is 0.0648 e. The van der Waals surface area contributed by atoms with Gasteiger partial charge < -0.3 is 0 Å². The first kappa shape index (κ1) is 112. The first-order valence-electron chi connectivity index (χ1n) is 47.6. The Hall–Kier alpha value is -10.1. The van der Waals surface area contributed by atoms with Crippen molar-refractivity contribution in [2.45, 2.75) is 336 Å². The van der Waals surface area contributed by atoms with Crippen LogP contribution in [-0.4, -0.2) is 0 Å². The highest BCUT2D eigenvalue weighted by molar-refractivity contribution is 5.51. The zero-order valence-electron chi connectivity index (χ0n) is 88.3. The van der Waals surface area contributed by atoms with Crippen LogP contribution in [0.1, 0.15) is 344 Å². The van der Waals surface area contributed by atoms with Gasteiger partial charge in [0, 0.05) is 5.92 Å². The van der Waals surface area contributed by atoms with E-state index in [0.717, 1.165) is 0 Å². The van der Waals surface area contributed by atoms with Crippen LogP contribution in [0.4, 0.5) is 0 Å². The lowest BCUT2D eigenvalue weighted by Crippen LogP contribution is -2.12. The second kappa shape index (κ2) is 55.0. The van der Waals surface area contributed by atoms with Crippen LogP contribution in [0, 0.1) is 159 Å². The highest BCUT2D eigenvalue weighted by Gasteiger charge is 2.22. The molecule has 0 aliphatic heterocycles. The van der Waals surface area contributed by atoms with Gasteiger partial charge in [-0.15, -0.1) is 0 Å². The zero-order valence-corrected chi connectivity index (χ0v) is 88.3. The molecule has 13 aromatic carbocycles. The molecule has 686 valence electrons. The summed E-state index contributed by atoms with van der Waals surface area (Å²) in [4.78, 5) is 0. The van der Waals surface area contributed by atoms with E-state index in [1.54, 1.807) is 0 Å². The molecule has 2 atom stereocenters. The van der Waals surface area contributed by atoms with Crippen LogP contribution >= 0.6 is 0 Å². The molecule has 128 heavy (non-hydrogen) atoms. The Morgan fingerprint density at radius 3 is 0.523 bits per heavy atom. The summed E-state index contributed by atoms with van der Waals surface area (Å²) in [6.45, 7) is 87.8. The molecule has 13 aromatic rings. The van der Waals surface area contributed by atoms with Crippen molar-refractivity contribution < 1.29 is 0 Å². The average molecular weight is 1710 g/mol. The SMILES string of the molecule is CCC(C)c1ccc(C)cc1.CCC(C)c1ccc(C)cc1.Cc1ccc(C(C)(C)C)c(C)c1.Cc1ccc(C(C)(C)C)c(C)c1.Cc1ccc(C(C)(C)C)c(C)c1.Cc1ccc(C(C)C)cc1.Cc1ccc(C(C)C)cc1.Cc1ccc(C(c2cc(C)c(C)c(C)c2)c2cc(C)c(C)c(C)c2)cc1.Cc1ccccc1C.Cc1ccccc1C.Cc1ccccc1C. The highest BCUT2D eigenvalue weighted by Crippen LogP contribution is 2.37. The molecule has 0 aromatic heterocycles. The molecule has 0 fully saturated rings. The maximum atomic E-state index is 2.37. The van der Waals surface area contributed by atoms with Crippen LogP contribution in [0.25, 0.3) is 0 Å². The molecule has 0 N–H and O–H groups in total. The highest BCUT2D eigenvalue weighted by atomic mass is 14.3. The Kier molecular flexibility index (Phi) is 48.2. The number of hydrogen-bond donors (Lipinski definition) is 0. The van der Waals surface area contributed by atoms with Crippen molar-refractivity contribution >= 4 is 0 Å². The quantitative estimate of drug-likeness (QED) is 0.126. The lowest BCUT2D eigenvalue weighted by atomic mass is 9.81. The van der Waals surface area contributed by atoms with Gasteiger partial charge in [0.25, 0.3) is 0 Å².